The number of benzene rings is 1. The van der Waals surface area contributed by atoms with Crippen LogP contribution in [0.2, 0.25) is 0 Å². The van der Waals surface area contributed by atoms with E-state index in [-0.39, 0.29) is 11.6 Å². The maximum atomic E-state index is 12.4. The number of nitro groups is 1. The van der Waals surface area contributed by atoms with Crippen LogP contribution in [0.25, 0.3) is 0 Å². The van der Waals surface area contributed by atoms with Crippen molar-refractivity contribution in [3.05, 3.63) is 55.5 Å². The fraction of sp³-hybridized carbons (Fsp3) is 0.333. The number of carbonyl (C=O) groups excluding carboxylic acids is 1. The highest BCUT2D eigenvalue weighted by Crippen LogP contribution is 2.26. The van der Waals surface area contributed by atoms with E-state index in [2.05, 4.69) is 10.3 Å². The zero-order chi connectivity index (χ0) is 16.5. The molecule has 2 aromatic rings. The summed E-state index contributed by atoms with van der Waals surface area (Å²) in [6.07, 6.45) is 1.77. The van der Waals surface area contributed by atoms with Gasteiger partial charge in [0.15, 0.2) is 0 Å². The molecule has 0 radical (unpaired) electrons. The predicted molar refractivity (Wildman–Crippen MR) is 85.2 cm³/mol. The number of nitrogens with one attached hydrogen (secondary N) is 1. The van der Waals surface area contributed by atoms with Gasteiger partial charge in [-0.1, -0.05) is 0 Å². The largest absolute Gasteiger partial charge is 0.341 e. The average Bonchev–Trinajstić information content (AvgIpc) is 2.85. The first-order valence-electron chi connectivity index (χ1n) is 6.71. The monoisotopic (exact) mass is 319 g/mol. The minimum atomic E-state index is -0.605. The summed E-state index contributed by atoms with van der Waals surface area (Å²) in [6, 6.07) is 4.34. The molecule has 0 saturated carbocycles. The zero-order valence-corrected chi connectivity index (χ0v) is 13.7. The Morgan fingerprint density at radius 3 is 2.55 bits per heavy atom. The van der Waals surface area contributed by atoms with Crippen molar-refractivity contribution in [2.75, 3.05) is 0 Å². The van der Waals surface area contributed by atoms with Gasteiger partial charge in [-0.15, -0.1) is 11.3 Å². The van der Waals surface area contributed by atoms with E-state index in [4.69, 9.17) is 0 Å². The molecule has 1 aromatic carbocycles. The van der Waals surface area contributed by atoms with Gasteiger partial charge in [-0.3, -0.25) is 14.9 Å². The number of amides is 1. The predicted octanol–water partition coefficient (Wildman–Crippen LogP) is 3.33. The lowest BCUT2D eigenvalue weighted by atomic mass is 10.0. The van der Waals surface area contributed by atoms with Gasteiger partial charge in [-0.25, -0.2) is 4.98 Å². The van der Waals surface area contributed by atoms with Crippen molar-refractivity contribution in [1.82, 2.24) is 10.3 Å². The van der Waals surface area contributed by atoms with E-state index in [0.717, 1.165) is 9.88 Å². The molecule has 1 N–H and O–H groups in total. The number of aryl methyl sites for hydroxylation is 2. The number of carbonyl (C=O) groups is 1. The molecule has 0 saturated heterocycles. The Labute approximate surface area is 132 Å². The van der Waals surface area contributed by atoms with Crippen LogP contribution in [0.4, 0.5) is 5.69 Å². The molecule has 0 unspecified atom stereocenters. The van der Waals surface area contributed by atoms with E-state index in [1.807, 2.05) is 20.8 Å². The van der Waals surface area contributed by atoms with Crippen molar-refractivity contribution < 1.29 is 9.72 Å². The summed E-state index contributed by atoms with van der Waals surface area (Å²) in [4.78, 5) is 28.1. The summed E-state index contributed by atoms with van der Waals surface area (Å²) in [5.74, 6) is -0.282. The van der Waals surface area contributed by atoms with Gasteiger partial charge in [0, 0.05) is 28.3 Å². The minimum Gasteiger partial charge on any atom is -0.341 e. The van der Waals surface area contributed by atoms with Crippen LogP contribution in [-0.2, 0) is 5.54 Å². The van der Waals surface area contributed by atoms with E-state index < -0.39 is 10.5 Å². The second kappa shape index (κ2) is 5.84. The first-order valence-corrected chi connectivity index (χ1v) is 7.53. The fourth-order valence-corrected chi connectivity index (χ4v) is 2.88. The number of aromatic nitrogens is 1. The summed E-state index contributed by atoms with van der Waals surface area (Å²) in [5, 5.41) is 14.6. The Balaban J connectivity index is 2.22. The van der Waals surface area contributed by atoms with Crippen molar-refractivity contribution in [2.45, 2.75) is 33.2 Å². The van der Waals surface area contributed by atoms with Crippen LogP contribution in [0, 0.1) is 24.0 Å². The molecule has 1 heterocycles. The van der Waals surface area contributed by atoms with Crippen LogP contribution in [0.15, 0.2) is 24.4 Å². The SMILES string of the molecule is Cc1cnc(C(C)(C)NC(=O)c2ccc([N+](=O)[O-])c(C)c2)s1. The van der Waals surface area contributed by atoms with Crippen LogP contribution >= 0.6 is 11.3 Å². The molecule has 0 spiro atoms. The smallest absolute Gasteiger partial charge is 0.272 e. The molecule has 0 fully saturated rings. The maximum absolute atomic E-state index is 12.4. The first kappa shape index (κ1) is 16.1. The highest BCUT2D eigenvalue weighted by molar-refractivity contribution is 7.11. The molecular formula is C15H17N3O3S. The Bertz CT molecular complexity index is 737. The number of nitrogens with zero attached hydrogens (tertiary/aromatic N) is 2. The summed E-state index contributed by atoms with van der Waals surface area (Å²) >= 11 is 1.53. The van der Waals surface area contributed by atoms with Gasteiger partial charge in [0.25, 0.3) is 11.6 Å². The summed E-state index contributed by atoms with van der Waals surface area (Å²) < 4.78 is 0. The molecule has 0 bridgehead atoms. The van der Waals surface area contributed by atoms with E-state index in [1.54, 1.807) is 13.1 Å². The Morgan fingerprint density at radius 1 is 1.36 bits per heavy atom. The summed E-state index contributed by atoms with van der Waals surface area (Å²) in [6.45, 7) is 7.33. The third kappa shape index (κ3) is 3.30. The molecule has 0 aliphatic carbocycles. The number of hydrogen-bond acceptors (Lipinski definition) is 5. The van der Waals surface area contributed by atoms with Crippen LogP contribution in [0.5, 0.6) is 0 Å². The van der Waals surface area contributed by atoms with Crippen LogP contribution in [0.3, 0.4) is 0 Å². The summed E-state index contributed by atoms with van der Waals surface area (Å²) in [7, 11) is 0. The van der Waals surface area contributed by atoms with Gasteiger partial charge in [-0.05, 0) is 39.8 Å². The van der Waals surface area contributed by atoms with Crippen molar-refractivity contribution in [2.24, 2.45) is 0 Å². The number of rotatable bonds is 4. The average molecular weight is 319 g/mol. The molecule has 7 heteroatoms. The van der Waals surface area contributed by atoms with Crippen LogP contribution in [-0.4, -0.2) is 15.8 Å². The van der Waals surface area contributed by atoms with Gasteiger partial charge >= 0.3 is 0 Å². The van der Waals surface area contributed by atoms with Crippen LogP contribution in [0.1, 0.15) is 39.7 Å². The van der Waals surface area contributed by atoms with E-state index >= 15 is 0 Å². The van der Waals surface area contributed by atoms with E-state index in [1.165, 1.54) is 29.5 Å². The molecule has 116 valence electrons. The highest BCUT2D eigenvalue weighted by Gasteiger charge is 2.27. The molecule has 0 aliphatic heterocycles. The lowest BCUT2D eigenvalue weighted by Crippen LogP contribution is -2.40. The third-order valence-electron chi connectivity index (χ3n) is 3.24. The van der Waals surface area contributed by atoms with Crippen molar-refractivity contribution in [3.8, 4) is 0 Å². The molecule has 1 amide bonds. The van der Waals surface area contributed by atoms with Gasteiger partial charge in [0.2, 0.25) is 0 Å². The van der Waals surface area contributed by atoms with Crippen molar-refractivity contribution in [1.29, 1.82) is 0 Å². The Kier molecular flexibility index (Phi) is 4.27. The molecule has 2 rings (SSSR count). The number of hydrogen-bond donors (Lipinski definition) is 1. The zero-order valence-electron chi connectivity index (χ0n) is 12.8. The van der Waals surface area contributed by atoms with Crippen molar-refractivity contribution in [3.63, 3.8) is 0 Å². The minimum absolute atomic E-state index is 0.00589. The van der Waals surface area contributed by atoms with E-state index in [9.17, 15) is 14.9 Å². The maximum Gasteiger partial charge on any atom is 0.272 e. The van der Waals surface area contributed by atoms with Crippen LogP contribution < -0.4 is 5.32 Å². The topological polar surface area (TPSA) is 85.1 Å². The van der Waals surface area contributed by atoms with Crippen molar-refractivity contribution >= 4 is 22.9 Å². The normalized spacial score (nSPS) is 11.3. The Morgan fingerprint density at radius 2 is 2.05 bits per heavy atom. The first-order chi connectivity index (χ1) is 10.2. The van der Waals surface area contributed by atoms with Gasteiger partial charge in [0.1, 0.15) is 5.01 Å². The van der Waals surface area contributed by atoms with Gasteiger partial charge < -0.3 is 5.32 Å². The standard InChI is InChI=1S/C15H17N3O3S/c1-9-7-11(5-6-12(9)18(20)21)13(19)17-15(3,4)14-16-8-10(2)22-14/h5-8H,1-4H3,(H,17,19). The molecule has 6 nitrogen and oxygen atoms in total. The van der Waals surface area contributed by atoms with E-state index in [0.29, 0.717) is 11.1 Å². The van der Waals surface area contributed by atoms with Gasteiger partial charge in [0.05, 0.1) is 10.5 Å². The lowest BCUT2D eigenvalue weighted by molar-refractivity contribution is -0.385. The second-order valence-corrected chi connectivity index (χ2v) is 6.85. The fourth-order valence-electron chi connectivity index (χ4n) is 2.05. The quantitative estimate of drug-likeness (QED) is 0.692. The number of nitro benzene ring substituents is 1. The second-order valence-electron chi connectivity index (χ2n) is 5.61. The van der Waals surface area contributed by atoms with Gasteiger partial charge in [-0.2, -0.15) is 0 Å². The number of thiazole rings is 1. The third-order valence-corrected chi connectivity index (χ3v) is 4.47. The molecule has 0 atom stereocenters. The molecular weight excluding hydrogens is 302 g/mol. The Hall–Kier alpha value is -2.28. The molecule has 1 aromatic heterocycles. The molecule has 22 heavy (non-hydrogen) atoms. The summed E-state index contributed by atoms with van der Waals surface area (Å²) in [5.41, 5.74) is 0.252. The highest BCUT2D eigenvalue weighted by atomic mass is 32.1. The molecule has 0 aliphatic rings. The lowest BCUT2D eigenvalue weighted by Gasteiger charge is -2.24.